The van der Waals surface area contributed by atoms with E-state index in [1.807, 2.05) is 20.8 Å². The lowest BCUT2D eigenvalue weighted by molar-refractivity contribution is -0.159. The predicted molar refractivity (Wildman–Crippen MR) is 90.8 cm³/mol. The van der Waals surface area contributed by atoms with Crippen LogP contribution in [0.3, 0.4) is 0 Å². The summed E-state index contributed by atoms with van der Waals surface area (Å²) in [4.78, 5) is 26.1. The number of carbonyl (C=O) groups excluding carboxylic acids is 2. The molecule has 0 aromatic heterocycles. The van der Waals surface area contributed by atoms with Crippen LogP contribution in [0.1, 0.15) is 40.0 Å². The van der Waals surface area contributed by atoms with Crippen LogP contribution in [0.4, 0.5) is 4.79 Å². The van der Waals surface area contributed by atoms with Crippen LogP contribution in [-0.4, -0.2) is 66.5 Å². The highest BCUT2D eigenvalue weighted by atomic mass is 35.5. The van der Waals surface area contributed by atoms with Crippen molar-refractivity contribution in [1.82, 2.24) is 10.2 Å². The van der Waals surface area contributed by atoms with Crippen molar-refractivity contribution in [1.29, 1.82) is 0 Å². The minimum Gasteiger partial charge on any atom is -0.449 e. The molecule has 1 heterocycles. The number of ether oxygens (including phenoxy) is 2. The number of nitrogens with one attached hydrogen (secondary N) is 1. The molecule has 0 radical (unpaired) electrons. The number of aliphatic hydroxyl groups excluding tert-OH is 1. The number of carbonyl (C=O) groups is 2. The Morgan fingerprint density at radius 3 is 2.38 bits per heavy atom. The van der Waals surface area contributed by atoms with Gasteiger partial charge in [-0.15, -0.1) is 0 Å². The fourth-order valence-electron chi connectivity index (χ4n) is 2.90. The zero-order valence-electron chi connectivity index (χ0n) is 14.9. The second-order valence-corrected chi connectivity index (χ2v) is 7.42. The van der Waals surface area contributed by atoms with Gasteiger partial charge in [0, 0.05) is 19.6 Å². The summed E-state index contributed by atoms with van der Waals surface area (Å²) in [5.74, 6) is -0.420. The van der Waals surface area contributed by atoms with Gasteiger partial charge in [-0.25, -0.2) is 4.79 Å². The number of likely N-dealkylation sites (N-methyl/N-ethyl adjacent to an activating group) is 1. The molecule has 2 N–H and O–H groups in total. The molecule has 1 unspecified atom stereocenters. The van der Waals surface area contributed by atoms with Crippen LogP contribution >= 0.6 is 11.6 Å². The van der Waals surface area contributed by atoms with Crippen molar-refractivity contribution in [2.24, 2.45) is 5.41 Å². The summed E-state index contributed by atoms with van der Waals surface area (Å²) in [5.41, 5.74) is -1.39. The smallest absolute Gasteiger partial charge is 0.410 e. The number of likely N-dealkylation sites (tertiary alicyclic amines) is 1. The Morgan fingerprint density at radius 2 is 1.92 bits per heavy atom. The molecule has 24 heavy (non-hydrogen) atoms. The Labute approximate surface area is 148 Å². The molecule has 140 valence electrons. The van der Waals surface area contributed by atoms with E-state index in [0.29, 0.717) is 32.5 Å². The summed E-state index contributed by atoms with van der Waals surface area (Å²) >= 11 is 5.52. The Bertz CT molecular complexity index is 431. The average Bonchev–Trinajstić information content (AvgIpc) is 2.46. The van der Waals surface area contributed by atoms with Crippen molar-refractivity contribution in [3.8, 4) is 0 Å². The largest absolute Gasteiger partial charge is 0.449 e. The number of piperidine rings is 1. The molecule has 1 atom stereocenters. The molecule has 0 aromatic rings. The van der Waals surface area contributed by atoms with E-state index < -0.39 is 29.2 Å². The van der Waals surface area contributed by atoms with E-state index in [-0.39, 0.29) is 12.5 Å². The van der Waals surface area contributed by atoms with Crippen LogP contribution in [0.2, 0.25) is 0 Å². The first-order valence-corrected chi connectivity index (χ1v) is 8.71. The third-order valence-corrected chi connectivity index (χ3v) is 4.17. The summed E-state index contributed by atoms with van der Waals surface area (Å²) in [7, 11) is 1.73. The summed E-state index contributed by atoms with van der Waals surface area (Å²) in [5, 5.41) is 13.0. The van der Waals surface area contributed by atoms with Crippen molar-refractivity contribution < 1.29 is 24.2 Å². The number of nitrogens with zero attached hydrogens (tertiary/aromatic N) is 1. The molecular weight excluding hydrogens is 336 g/mol. The molecule has 1 saturated heterocycles. The number of halogens is 1. The van der Waals surface area contributed by atoms with Crippen LogP contribution in [0.25, 0.3) is 0 Å². The van der Waals surface area contributed by atoms with E-state index in [9.17, 15) is 14.7 Å². The number of aliphatic hydroxyl groups is 1. The lowest BCUT2D eigenvalue weighted by Gasteiger charge is -2.41. The number of amides is 1. The molecule has 8 heteroatoms. The quantitative estimate of drug-likeness (QED) is 0.551. The Hall–Kier alpha value is -1.05. The molecule has 1 rings (SSSR count). The molecular formula is C16H29ClN2O5. The van der Waals surface area contributed by atoms with Crippen LogP contribution in [0.5, 0.6) is 0 Å². The summed E-state index contributed by atoms with van der Waals surface area (Å²) < 4.78 is 10.4. The van der Waals surface area contributed by atoms with Crippen LogP contribution in [0.15, 0.2) is 0 Å². The SMILES string of the molecule is CNCC(O)CC1(C(=O)OCCl)CCN(C(=O)OC(C)(C)C)CC1. The Kier molecular flexibility index (Phi) is 7.76. The maximum atomic E-state index is 12.4. The summed E-state index contributed by atoms with van der Waals surface area (Å²) in [6.07, 6.45) is 0.0144. The topological polar surface area (TPSA) is 88.1 Å². The van der Waals surface area contributed by atoms with Gasteiger partial charge in [0.05, 0.1) is 11.5 Å². The van der Waals surface area contributed by atoms with Crippen molar-refractivity contribution in [3.05, 3.63) is 0 Å². The monoisotopic (exact) mass is 364 g/mol. The van der Waals surface area contributed by atoms with Gasteiger partial charge in [0.1, 0.15) is 5.60 Å². The molecule has 0 aromatic carbocycles. The van der Waals surface area contributed by atoms with Gasteiger partial charge in [-0.05, 0) is 47.1 Å². The summed E-state index contributed by atoms with van der Waals surface area (Å²) in [6.45, 7) is 6.56. The highest BCUT2D eigenvalue weighted by molar-refractivity contribution is 6.17. The molecule has 1 fully saturated rings. The molecule has 0 aliphatic carbocycles. The first-order chi connectivity index (χ1) is 11.1. The zero-order valence-corrected chi connectivity index (χ0v) is 15.7. The highest BCUT2D eigenvalue weighted by Gasteiger charge is 2.45. The van der Waals surface area contributed by atoms with E-state index in [0.717, 1.165) is 0 Å². The third-order valence-electron chi connectivity index (χ3n) is 4.06. The Balaban J connectivity index is 2.76. The Morgan fingerprint density at radius 1 is 1.33 bits per heavy atom. The number of rotatable bonds is 6. The van der Waals surface area contributed by atoms with E-state index in [2.05, 4.69) is 5.32 Å². The van der Waals surface area contributed by atoms with Crippen molar-refractivity contribution in [2.45, 2.75) is 51.7 Å². The molecule has 0 spiro atoms. The molecule has 7 nitrogen and oxygen atoms in total. The predicted octanol–water partition coefficient (Wildman–Crippen LogP) is 1.71. The van der Waals surface area contributed by atoms with Crippen molar-refractivity contribution in [2.75, 3.05) is 32.7 Å². The van der Waals surface area contributed by atoms with Gasteiger partial charge in [-0.1, -0.05) is 11.6 Å². The zero-order chi connectivity index (χ0) is 18.4. The summed E-state index contributed by atoms with van der Waals surface area (Å²) in [6, 6.07) is -0.224. The molecule has 1 amide bonds. The fraction of sp³-hybridized carbons (Fsp3) is 0.875. The number of hydrogen-bond acceptors (Lipinski definition) is 6. The molecule has 0 saturated carbocycles. The van der Waals surface area contributed by atoms with Crippen LogP contribution in [0, 0.1) is 5.41 Å². The lowest BCUT2D eigenvalue weighted by atomic mass is 9.74. The van der Waals surface area contributed by atoms with Crippen LogP contribution < -0.4 is 5.32 Å². The first kappa shape index (κ1) is 21.0. The van der Waals surface area contributed by atoms with Crippen molar-refractivity contribution in [3.63, 3.8) is 0 Å². The minimum atomic E-state index is -0.830. The van der Waals surface area contributed by atoms with Gasteiger partial charge in [0.15, 0.2) is 6.07 Å². The fourth-order valence-corrected chi connectivity index (χ4v) is 3.00. The maximum absolute atomic E-state index is 12.4. The average molecular weight is 365 g/mol. The van der Waals surface area contributed by atoms with Gasteiger partial charge in [0.2, 0.25) is 0 Å². The van der Waals surface area contributed by atoms with Crippen LogP contribution in [-0.2, 0) is 14.3 Å². The van der Waals surface area contributed by atoms with E-state index >= 15 is 0 Å². The van der Waals surface area contributed by atoms with Gasteiger partial charge in [-0.2, -0.15) is 0 Å². The number of esters is 1. The minimum absolute atomic E-state index is 0.224. The normalized spacial score (nSPS) is 18.8. The molecule has 1 aliphatic rings. The van der Waals surface area contributed by atoms with Gasteiger partial charge < -0.3 is 24.8 Å². The van der Waals surface area contributed by atoms with Gasteiger partial charge in [-0.3, -0.25) is 4.79 Å². The second-order valence-electron chi connectivity index (χ2n) is 7.20. The highest BCUT2D eigenvalue weighted by Crippen LogP contribution is 2.38. The second kappa shape index (κ2) is 8.87. The van der Waals surface area contributed by atoms with Crippen molar-refractivity contribution >= 4 is 23.7 Å². The molecule has 0 bridgehead atoms. The molecule has 1 aliphatic heterocycles. The third kappa shape index (κ3) is 6.11. The van der Waals surface area contributed by atoms with Gasteiger partial charge in [0.25, 0.3) is 0 Å². The van der Waals surface area contributed by atoms with Gasteiger partial charge >= 0.3 is 12.1 Å². The lowest BCUT2D eigenvalue weighted by Crippen LogP contribution is -2.50. The first-order valence-electron chi connectivity index (χ1n) is 8.17. The number of alkyl halides is 1. The van der Waals surface area contributed by atoms with E-state index in [1.54, 1.807) is 11.9 Å². The standard InChI is InChI=1S/C16H29ClN2O5/c1-15(2,3)24-14(22)19-7-5-16(6-8-19,13(21)23-11-17)9-12(20)10-18-4/h12,18,20H,5-11H2,1-4H3. The number of hydrogen-bond donors (Lipinski definition) is 2. The van der Waals surface area contributed by atoms with E-state index in [1.165, 1.54) is 0 Å². The van der Waals surface area contributed by atoms with E-state index in [4.69, 9.17) is 21.1 Å². The maximum Gasteiger partial charge on any atom is 0.410 e.